The highest BCUT2D eigenvalue weighted by molar-refractivity contribution is 7.89. The summed E-state index contributed by atoms with van der Waals surface area (Å²) in [5.74, 6) is 0.160. The molecule has 112 valence electrons. The van der Waals surface area contributed by atoms with Gasteiger partial charge in [-0.05, 0) is 25.5 Å². The number of halogens is 2. The quantitative estimate of drug-likeness (QED) is 0.825. The van der Waals surface area contributed by atoms with E-state index in [1.54, 1.807) is 0 Å². The van der Waals surface area contributed by atoms with Crippen LogP contribution in [0.5, 0.6) is 0 Å². The van der Waals surface area contributed by atoms with Crippen molar-refractivity contribution in [3.05, 3.63) is 22.2 Å². The maximum Gasteiger partial charge on any atom is 0.242 e. The van der Waals surface area contributed by atoms with Gasteiger partial charge in [0.05, 0.1) is 22.3 Å². The van der Waals surface area contributed by atoms with Gasteiger partial charge in [-0.2, -0.15) is 0 Å². The Labute approximate surface area is 128 Å². The lowest BCUT2D eigenvalue weighted by atomic mass is 10.0. The first-order valence-corrected chi connectivity index (χ1v) is 8.40. The molecule has 0 amide bonds. The third-order valence-electron chi connectivity index (χ3n) is 3.39. The molecule has 0 radical (unpaired) electrons. The highest BCUT2D eigenvalue weighted by atomic mass is 35.5. The molecule has 1 saturated heterocycles. The van der Waals surface area contributed by atoms with E-state index in [1.807, 2.05) is 6.92 Å². The molecule has 2 atom stereocenters. The maximum atomic E-state index is 12.3. The second kappa shape index (κ2) is 6.07. The molecule has 1 heterocycles. The molecule has 0 aromatic heterocycles. The van der Waals surface area contributed by atoms with Crippen LogP contribution in [0.1, 0.15) is 13.3 Å². The summed E-state index contributed by atoms with van der Waals surface area (Å²) >= 11 is 11.8. The first-order chi connectivity index (χ1) is 9.33. The van der Waals surface area contributed by atoms with E-state index in [1.165, 1.54) is 12.1 Å². The summed E-state index contributed by atoms with van der Waals surface area (Å²) in [5, 5.41) is 0.172. The zero-order valence-corrected chi connectivity index (χ0v) is 13.2. The second-order valence-electron chi connectivity index (χ2n) is 4.81. The molecule has 1 aromatic rings. The monoisotopic (exact) mass is 338 g/mol. The Kier molecular flexibility index (Phi) is 4.81. The standard InChI is InChI=1S/C12H16Cl2N2O3S/c1-7(8-4-5-19-6-8)16-20(17,18)10-3-2-9(13)12(15)11(10)14/h2-3,7-8,16H,4-6,15H2,1H3. The van der Waals surface area contributed by atoms with Crippen LogP contribution in [0.3, 0.4) is 0 Å². The van der Waals surface area contributed by atoms with Gasteiger partial charge in [-0.15, -0.1) is 0 Å². The summed E-state index contributed by atoms with van der Waals surface area (Å²) in [6, 6.07) is 2.53. The van der Waals surface area contributed by atoms with Gasteiger partial charge >= 0.3 is 0 Å². The van der Waals surface area contributed by atoms with Crippen LogP contribution in [-0.4, -0.2) is 27.7 Å². The number of nitrogen functional groups attached to an aromatic ring is 1. The van der Waals surface area contributed by atoms with Crippen LogP contribution in [0, 0.1) is 5.92 Å². The Hall–Kier alpha value is -0.530. The van der Waals surface area contributed by atoms with Crippen molar-refractivity contribution in [3.8, 4) is 0 Å². The van der Waals surface area contributed by atoms with Crippen molar-refractivity contribution in [2.75, 3.05) is 18.9 Å². The normalized spacial score (nSPS) is 21.1. The Morgan fingerprint density at radius 2 is 2.15 bits per heavy atom. The largest absolute Gasteiger partial charge is 0.396 e. The van der Waals surface area contributed by atoms with Crippen molar-refractivity contribution >= 4 is 38.9 Å². The summed E-state index contributed by atoms with van der Waals surface area (Å²) in [7, 11) is -3.74. The first-order valence-electron chi connectivity index (χ1n) is 6.16. The van der Waals surface area contributed by atoms with Gasteiger partial charge in [0.2, 0.25) is 10.0 Å². The van der Waals surface area contributed by atoms with Crippen molar-refractivity contribution in [1.29, 1.82) is 0 Å². The van der Waals surface area contributed by atoms with Crippen molar-refractivity contribution in [2.45, 2.75) is 24.3 Å². The molecule has 0 aliphatic carbocycles. The number of anilines is 1. The fourth-order valence-corrected chi connectivity index (χ4v) is 4.19. The van der Waals surface area contributed by atoms with Gasteiger partial charge in [-0.25, -0.2) is 13.1 Å². The van der Waals surface area contributed by atoms with Gasteiger partial charge in [0.15, 0.2) is 0 Å². The molecule has 3 N–H and O–H groups in total. The van der Waals surface area contributed by atoms with Gasteiger partial charge in [0, 0.05) is 18.6 Å². The topological polar surface area (TPSA) is 81.4 Å². The number of hydrogen-bond donors (Lipinski definition) is 2. The molecule has 0 spiro atoms. The molecule has 2 unspecified atom stereocenters. The molecule has 1 fully saturated rings. The number of benzene rings is 1. The minimum absolute atomic E-state index is 0.0557. The van der Waals surface area contributed by atoms with Gasteiger partial charge in [0.25, 0.3) is 0 Å². The third-order valence-corrected chi connectivity index (χ3v) is 5.84. The zero-order chi connectivity index (χ0) is 14.9. The average Bonchev–Trinajstić information content (AvgIpc) is 2.89. The minimum Gasteiger partial charge on any atom is -0.396 e. The second-order valence-corrected chi connectivity index (χ2v) is 7.27. The van der Waals surface area contributed by atoms with Crippen LogP contribution in [-0.2, 0) is 14.8 Å². The third kappa shape index (κ3) is 3.20. The molecule has 5 nitrogen and oxygen atoms in total. The van der Waals surface area contributed by atoms with Crippen molar-refractivity contribution < 1.29 is 13.2 Å². The number of sulfonamides is 1. The van der Waals surface area contributed by atoms with E-state index < -0.39 is 10.0 Å². The lowest BCUT2D eigenvalue weighted by Crippen LogP contribution is -2.38. The Morgan fingerprint density at radius 1 is 1.45 bits per heavy atom. The Balaban J connectivity index is 2.24. The Morgan fingerprint density at radius 3 is 2.75 bits per heavy atom. The predicted molar refractivity (Wildman–Crippen MR) is 79.6 cm³/mol. The molecule has 0 saturated carbocycles. The average molecular weight is 339 g/mol. The fraction of sp³-hybridized carbons (Fsp3) is 0.500. The molecule has 1 aliphatic rings. The number of rotatable bonds is 4. The van der Waals surface area contributed by atoms with Crippen molar-refractivity contribution in [2.24, 2.45) is 5.92 Å². The fourth-order valence-electron chi connectivity index (χ4n) is 2.11. The smallest absolute Gasteiger partial charge is 0.242 e. The van der Waals surface area contributed by atoms with E-state index in [-0.39, 0.29) is 32.6 Å². The molecular formula is C12H16Cl2N2O3S. The van der Waals surface area contributed by atoms with Crippen LogP contribution in [0.25, 0.3) is 0 Å². The highest BCUT2D eigenvalue weighted by Crippen LogP contribution is 2.33. The lowest BCUT2D eigenvalue weighted by Gasteiger charge is -2.20. The van der Waals surface area contributed by atoms with Crippen LogP contribution in [0.4, 0.5) is 5.69 Å². The minimum atomic E-state index is -3.74. The van der Waals surface area contributed by atoms with E-state index in [2.05, 4.69) is 4.72 Å². The van der Waals surface area contributed by atoms with Gasteiger partial charge < -0.3 is 10.5 Å². The zero-order valence-electron chi connectivity index (χ0n) is 10.9. The maximum absolute atomic E-state index is 12.3. The summed E-state index contributed by atoms with van der Waals surface area (Å²) < 4.78 is 32.6. The molecular weight excluding hydrogens is 323 g/mol. The number of nitrogens with two attached hydrogens (primary N) is 1. The molecule has 20 heavy (non-hydrogen) atoms. The SMILES string of the molecule is CC(NS(=O)(=O)c1ccc(Cl)c(N)c1Cl)C1CCOC1. The van der Waals surface area contributed by atoms with Crippen LogP contribution in [0.15, 0.2) is 17.0 Å². The van der Waals surface area contributed by atoms with Crippen LogP contribution in [0.2, 0.25) is 10.0 Å². The molecule has 1 aliphatic heterocycles. The van der Waals surface area contributed by atoms with Gasteiger partial charge in [-0.3, -0.25) is 0 Å². The number of hydrogen-bond acceptors (Lipinski definition) is 4. The van der Waals surface area contributed by atoms with Crippen molar-refractivity contribution in [3.63, 3.8) is 0 Å². The van der Waals surface area contributed by atoms with E-state index >= 15 is 0 Å². The van der Waals surface area contributed by atoms with E-state index in [0.29, 0.717) is 13.2 Å². The predicted octanol–water partition coefficient (Wildman–Crippen LogP) is 2.28. The van der Waals surface area contributed by atoms with Crippen LogP contribution >= 0.6 is 23.2 Å². The van der Waals surface area contributed by atoms with E-state index in [0.717, 1.165) is 6.42 Å². The first kappa shape index (κ1) is 15.9. The number of nitrogens with one attached hydrogen (secondary N) is 1. The van der Waals surface area contributed by atoms with E-state index in [9.17, 15) is 8.42 Å². The number of ether oxygens (including phenoxy) is 1. The molecule has 8 heteroatoms. The van der Waals surface area contributed by atoms with E-state index in [4.69, 9.17) is 33.7 Å². The van der Waals surface area contributed by atoms with Crippen molar-refractivity contribution in [1.82, 2.24) is 4.72 Å². The molecule has 2 rings (SSSR count). The molecule has 0 bridgehead atoms. The summed E-state index contributed by atoms with van der Waals surface area (Å²) in [6.45, 7) is 3.02. The Bertz CT molecular complexity index is 601. The summed E-state index contributed by atoms with van der Waals surface area (Å²) in [6.07, 6.45) is 0.834. The summed E-state index contributed by atoms with van der Waals surface area (Å²) in [5.41, 5.74) is 5.72. The van der Waals surface area contributed by atoms with Crippen LogP contribution < -0.4 is 10.5 Å². The van der Waals surface area contributed by atoms with Gasteiger partial charge in [0.1, 0.15) is 4.90 Å². The lowest BCUT2D eigenvalue weighted by molar-refractivity contribution is 0.180. The molecule has 1 aromatic carbocycles. The summed E-state index contributed by atoms with van der Waals surface area (Å²) in [4.78, 5) is -0.0631. The van der Waals surface area contributed by atoms with Gasteiger partial charge in [-0.1, -0.05) is 23.2 Å². The highest BCUT2D eigenvalue weighted by Gasteiger charge is 2.28.